The molecule has 2 aromatic rings. The highest BCUT2D eigenvalue weighted by atomic mass is 19.4. The van der Waals surface area contributed by atoms with Gasteiger partial charge in [-0.05, 0) is 17.7 Å². The molecule has 25 heavy (non-hydrogen) atoms. The molecular formula is C17H14F3NO4. The molecule has 0 N–H and O–H groups in total. The standard InChI is InChI=1S/C17H14F3NO4/c1-11(12-5-3-2-4-6-12)15(17(18,19)20)25-16(22)13-7-9-14(10-8-13)21(23)24/h2-11,15H,1H3/t11-,15+/m1/s1. The van der Waals surface area contributed by atoms with Gasteiger partial charge in [-0.25, -0.2) is 4.79 Å². The number of esters is 1. The van der Waals surface area contributed by atoms with Crippen molar-refractivity contribution in [3.05, 3.63) is 75.8 Å². The first kappa shape index (κ1) is 18.4. The van der Waals surface area contributed by atoms with Gasteiger partial charge in [-0.1, -0.05) is 37.3 Å². The molecule has 5 nitrogen and oxygen atoms in total. The van der Waals surface area contributed by atoms with Crippen LogP contribution in [0, 0.1) is 10.1 Å². The van der Waals surface area contributed by atoms with Crippen LogP contribution in [0.15, 0.2) is 54.6 Å². The number of benzene rings is 2. The number of nitro benzene ring substituents is 1. The molecule has 8 heteroatoms. The molecule has 0 radical (unpaired) electrons. The molecule has 0 unspecified atom stereocenters. The van der Waals surface area contributed by atoms with Crippen LogP contribution in [0.2, 0.25) is 0 Å². The van der Waals surface area contributed by atoms with E-state index in [0.717, 1.165) is 24.3 Å². The van der Waals surface area contributed by atoms with Crippen molar-refractivity contribution in [3.8, 4) is 0 Å². The number of nitro groups is 1. The third-order valence-electron chi connectivity index (χ3n) is 3.65. The Kier molecular flexibility index (Phi) is 5.41. The summed E-state index contributed by atoms with van der Waals surface area (Å²) in [5.41, 5.74) is -0.0944. The first-order chi connectivity index (χ1) is 11.7. The van der Waals surface area contributed by atoms with Gasteiger partial charge in [0.25, 0.3) is 5.69 Å². The number of hydrogen-bond acceptors (Lipinski definition) is 4. The zero-order valence-corrected chi connectivity index (χ0v) is 13.1. The van der Waals surface area contributed by atoms with E-state index in [1.807, 2.05) is 0 Å². The van der Waals surface area contributed by atoms with Gasteiger partial charge in [0.15, 0.2) is 0 Å². The molecule has 0 heterocycles. The van der Waals surface area contributed by atoms with Crippen molar-refractivity contribution in [2.45, 2.75) is 25.1 Å². The van der Waals surface area contributed by atoms with E-state index in [0.29, 0.717) is 5.56 Å². The van der Waals surface area contributed by atoms with Crippen LogP contribution in [0.4, 0.5) is 18.9 Å². The highest BCUT2D eigenvalue weighted by Crippen LogP contribution is 2.34. The van der Waals surface area contributed by atoms with E-state index in [2.05, 4.69) is 4.74 Å². The fraction of sp³-hybridized carbons (Fsp3) is 0.235. The van der Waals surface area contributed by atoms with Gasteiger partial charge < -0.3 is 4.74 Å². The molecule has 0 aliphatic carbocycles. The van der Waals surface area contributed by atoms with E-state index in [4.69, 9.17) is 0 Å². The van der Waals surface area contributed by atoms with Crippen molar-refractivity contribution in [1.82, 2.24) is 0 Å². The first-order valence-electron chi connectivity index (χ1n) is 7.27. The van der Waals surface area contributed by atoms with E-state index < -0.39 is 29.1 Å². The molecule has 0 spiro atoms. The van der Waals surface area contributed by atoms with Gasteiger partial charge in [0.2, 0.25) is 6.10 Å². The highest BCUT2D eigenvalue weighted by molar-refractivity contribution is 5.89. The number of alkyl halides is 3. The van der Waals surface area contributed by atoms with Crippen LogP contribution >= 0.6 is 0 Å². The van der Waals surface area contributed by atoms with Crippen LogP contribution in [0.3, 0.4) is 0 Å². The zero-order chi connectivity index (χ0) is 18.6. The lowest BCUT2D eigenvalue weighted by molar-refractivity contribution is -0.384. The average Bonchev–Trinajstić information content (AvgIpc) is 2.58. The van der Waals surface area contributed by atoms with Gasteiger partial charge in [-0.2, -0.15) is 13.2 Å². The second kappa shape index (κ2) is 7.33. The Balaban J connectivity index is 2.22. The molecule has 2 aromatic carbocycles. The molecule has 2 atom stereocenters. The molecule has 0 saturated heterocycles. The number of hydrogen-bond donors (Lipinski definition) is 0. The molecule has 0 amide bonds. The Labute approximate surface area is 141 Å². The van der Waals surface area contributed by atoms with E-state index in [1.165, 1.54) is 19.1 Å². The predicted octanol–water partition coefficient (Wildman–Crippen LogP) is 4.49. The SMILES string of the molecule is C[C@H](c1ccccc1)[C@H](OC(=O)c1ccc([N+](=O)[O-])cc1)C(F)(F)F. The number of carbonyl (C=O) groups is 1. The number of non-ortho nitro benzene ring substituents is 1. The minimum absolute atomic E-state index is 0.194. The quantitative estimate of drug-likeness (QED) is 0.451. The lowest BCUT2D eigenvalue weighted by Gasteiger charge is -2.26. The highest BCUT2D eigenvalue weighted by Gasteiger charge is 2.46. The number of ether oxygens (including phenoxy) is 1. The molecule has 2 rings (SSSR count). The molecule has 0 aliphatic rings. The van der Waals surface area contributed by atoms with Crippen molar-refractivity contribution < 1.29 is 27.6 Å². The van der Waals surface area contributed by atoms with Crippen molar-refractivity contribution in [2.75, 3.05) is 0 Å². The smallest absolute Gasteiger partial charge is 0.426 e. The largest absolute Gasteiger partial charge is 0.448 e. The predicted molar refractivity (Wildman–Crippen MR) is 83.2 cm³/mol. The lowest BCUT2D eigenvalue weighted by Crippen LogP contribution is -2.38. The lowest BCUT2D eigenvalue weighted by atomic mass is 9.95. The Morgan fingerprint density at radius 2 is 1.64 bits per heavy atom. The van der Waals surface area contributed by atoms with Gasteiger partial charge in [0.05, 0.1) is 10.5 Å². The molecule has 132 valence electrons. The Bertz CT molecular complexity index is 745. The van der Waals surface area contributed by atoms with Gasteiger partial charge in [-0.3, -0.25) is 10.1 Å². The summed E-state index contributed by atoms with van der Waals surface area (Å²) in [6, 6.07) is 12.1. The summed E-state index contributed by atoms with van der Waals surface area (Å²) in [6.07, 6.45) is -7.09. The molecule has 0 bridgehead atoms. The van der Waals surface area contributed by atoms with E-state index in [1.54, 1.807) is 18.2 Å². The minimum Gasteiger partial charge on any atom is -0.448 e. The zero-order valence-electron chi connectivity index (χ0n) is 13.1. The van der Waals surface area contributed by atoms with Crippen LogP contribution < -0.4 is 0 Å². The summed E-state index contributed by atoms with van der Waals surface area (Å²) in [7, 11) is 0. The number of carbonyl (C=O) groups excluding carboxylic acids is 1. The minimum atomic E-state index is -4.76. The first-order valence-corrected chi connectivity index (χ1v) is 7.27. The fourth-order valence-corrected chi connectivity index (χ4v) is 2.29. The topological polar surface area (TPSA) is 69.4 Å². The van der Waals surface area contributed by atoms with Gasteiger partial charge in [0, 0.05) is 18.1 Å². The van der Waals surface area contributed by atoms with Crippen molar-refractivity contribution in [3.63, 3.8) is 0 Å². The summed E-state index contributed by atoms with van der Waals surface area (Å²) in [4.78, 5) is 21.9. The van der Waals surface area contributed by atoms with Gasteiger partial charge >= 0.3 is 12.1 Å². The monoisotopic (exact) mass is 353 g/mol. The average molecular weight is 353 g/mol. The van der Waals surface area contributed by atoms with Crippen molar-refractivity contribution in [1.29, 1.82) is 0 Å². The number of nitrogens with zero attached hydrogens (tertiary/aromatic N) is 1. The second-order valence-corrected chi connectivity index (χ2v) is 5.37. The molecular weight excluding hydrogens is 339 g/mol. The normalized spacial score (nSPS) is 13.8. The number of halogens is 3. The van der Waals surface area contributed by atoms with E-state index in [9.17, 15) is 28.1 Å². The van der Waals surface area contributed by atoms with Crippen LogP contribution in [-0.4, -0.2) is 23.2 Å². The maximum Gasteiger partial charge on any atom is 0.426 e. The maximum absolute atomic E-state index is 13.3. The van der Waals surface area contributed by atoms with Crippen LogP contribution in [-0.2, 0) is 4.74 Å². The van der Waals surface area contributed by atoms with E-state index >= 15 is 0 Å². The molecule has 0 aliphatic heterocycles. The Morgan fingerprint density at radius 3 is 2.12 bits per heavy atom. The van der Waals surface area contributed by atoms with Crippen LogP contribution in [0.5, 0.6) is 0 Å². The van der Waals surface area contributed by atoms with Crippen LogP contribution in [0.1, 0.15) is 28.8 Å². The van der Waals surface area contributed by atoms with Crippen molar-refractivity contribution in [2.24, 2.45) is 0 Å². The third-order valence-corrected chi connectivity index (χ3v) is 3.65. The Hall–Kier alpha value is -2.90. The molecule has 0 fully saturated rings. The van der Waals surface area contributed by atoms with Crippen molar-refractivity contribution >= 4 is 11.7 Å². The Morgan fingerprint density at radius 1 is 1.08 bits per heavy atom. The van der Waals surface area contributed by atoms with Gasteiger partial charge in [0.1, 0.15) is 0 Å². The fourth-order valence-electron chi connectivity index (χ4n) is 2.29. The van der Waals surface area contributed by atoms with Gasteiger partial charge in [-0.15, -0.1) is 0 Å². The summed E-state index contributed by atoms with van der Waals surface area (Å²) in [5.74, 6) is -2.30. The summed E-state index contributed by atoms with van der Waals surface area (Å²) in [5, 5.41) is 10.6. The summed E-state index contributed by atoms with van der Waals surface area (Å²) in [6.45, 7) is 1.32. The van der Waals surface area contributed by atoms with E-state index in [-0.39, 0.29) is 11.3 Å². The maximum atomic E-state index is 13.3. The summed E-state index contributed by atoms with van der Waals surface area (Å²) < 4.78 is 44.7. The molecule has 0 aromatic heterocycles. The summed E-state index contributed by atoms with van der Waals surface area (Å²) >= 11 is 0. The second-order valence-electron chi connectivity index (χ2n) is 5.37. The number of rotatable bonds is 5. The third kappa shape index (κ3) is 4.56. The van der Waals surface area contributed by atoms with Crippen LogP contribution in [0.25, 0.3) is 0 Å². The molecule has 0 saturated carbocycles.